The van der Waals surface area contributed by atoms with Gasteiger partial charge in [-0.05, 0) is 79.9 Å². The Morgan fingerprint density at radius 1 is 0.935 bits per heavy atom. The number of benzene rings is 3. The van der Waals surface area contributed by atoms with Gasteiger partial charge in [-0.2, -0.15) is 0 Å². The summed E-state index contributed by atoms with van der Waals surface area (Å²) < 4.78 is 17.8. The Balaban J connectivity index is 1.56. The van der Waals surface area contributed by atoms with Crippen molar-refractivity contribution in [3.63, 3.8) is 0 Å². The van der Waals surface area contributed by atoms with Crippen LogP contribution in [0.1, 0.15) is 49.9 Å². The Labute approximate surface area is 285 Å². The van der Waals surface area contributed by atoms with Gasteiger partial charge in [-0.25, -0.2) is 0 Å². The van der Waals surface area contributed by atoms with Crippen molar-refractivity contribution < 1.29 is 28.9 Å². The Morgan fingerprint density at radius 3 is 2.37 bits per heavy atom. The molecule has 9 nitrogen and oxygen atoms in total. The van der Waals surface area contributed by atoms with Crippen LogP contribution in [0.5, 0.6) is 17.2 Å². The SMILES string of the molecule is CCCOc1ccc(C(O)=C2C(=O)C(=O)N(c3nnc(SCc4ccc(Cl)cc4Cl)s3)C2c2ccc(OCC)c(OCC)c2)cc1. The number of ketones is 1. The van der Waals surface area contributed by atoms with Crippen LogP contribution in [0.3, 0.4) is 0 Å². The molecule has 4 aromatic rings. The summed E-state index contributed by atoms with van der Waals surface area (Å²) in [4.78, 5) is 28.7. The molecule has 1 aliphatic rings. The lowest BCUT2D eigenvalue weighted by atomic mass is 9.95. The van der Waals surface area contributed by atoms with Crippen molar-refractivity contribution in [2.45, 2.75) is 43.3 Å². The first-order chi connectivity index (χ1) is 22.2. The van der Waals surface area contributed by atoms with Crippen LogP contribution in [0.2, 0.25) is 10.0 Å². The molecule has 1 unspecified atom stereocenters. The standard InChI is InChI=1S/C33H31Cl2N3O6S2/c1-4-15-44-23-12-8-19(9-13-23)29(39)27-28(20-10-14-25(42-5-2)26(16-20)43-6-3)38(31(41)30(27)40)32-36-37-33(46-32)45-18-21-7-11-22(34)17-24(21)35/h7-14,16-17,28,39H,4-6,15,18H2,1-3H3. The minimum atomic E-state index is -1.03. The Kier molecular flexibility index (Phi) is 11.1. The van der Waals surface area contributed by atoms with Crippen molar-refractivity contribution in [3.05, 3.63) is 93.0 Å². The van der Waals surface area contributed by atoms with Crippen LogP contribution in [0, 0.1) is 0 Å². The zero-order valence-corrected chi connectivity index (χ0v) is 28.4. The van der Waals surface area contributed by atoms with E-state index >= 15 is 0 Å². The lowest BCUT2D eigenvalue weighted by Gasteiger charge is -2.23. The number of carbonyl (C=O) groups is 2. The molecule has 1 aliphatic heterocycles. The highest BCUT2D eigenvalue weighted by Crippen LogP contribution is 2.46. The van der Waals surface area contributed by atoms with Crippen LogP contribution in [-0.2, 0) is 15.3 Å². The highest BCUT2D eigenvalue weighted by molar-refractivity contribution is 8.00. The summed E-state index contributed by atoms with van der Waals surface area (Å²) in [6, 6.07) is 16.1. The third-order valence-electron chi connectivity index (χ3n) is 6.90. The van der Waals surface area contributed by atoms with Gasteiger partial charge < -0.3 is 19.3 Å². The molecular weight excluding hydrogens is 669 g/mol. The van der Waals surface area contributed by atoms with Crippen molar-refractivity contribution in [3.8, 4) is 17.2 Å². The number of carbonyl (C=O) groups excluding carboxylic acids is 2. The van der Waals surface area contributed by atoms with E-state index in [-0.39, 0.29) is 16.5 Å². The van der Waals surface area contributed by atoms with Gasteiger partial charge in [0.1, 0.15) is 11.5 Å². The average molecular weight is 701 g/mol. The van der Waals surface area contributed by atoms with Crippen LogP contribution < -0.4 is 19.1 Å². The number of aliphatic hydroxyl groups excluding tert-OH is 1. The van der Waals surface area contributed by atoms with Crippen molar-refractivity contribution in [1.82, 2.24) is 10.2 Å². The highest BCUT2D eigenvalue weighted by atomic mass is 35.5. The number of hydrogen-bond donors (Lipinski definition) is 1. The van der Waals surface area contributed by atoms with Gasteiger partial charge in [0, 0.05) is 21.4 Å². The second-order valence-electron chi connectivity index (χ2n) is 9.99. The third-order valence-corrected chi connectivity index (χ3v) is 9.59. The number of nitrogens with zero attached hydrogens (tertiary/aromatic N) is 3. The Bertz CT molecular complexity index is 1760. The lowest BCUT2D eigenvalue weighted by Crippen LogP contribution is -2.29. The van der Waals surface area contributed by atoms with Gasteiger partial charge in [0.05, 0.1) is 31.4 Å². The summed E-state index contributed by atoms with van der Waals surface area (Å²) in [5, 5.41) is 21.4. The van der Waals surface area contributed by atoms with Gasteiger partial charge in [0.2, 0.25) is 5.13 Å². The van der Waals surface area contributed by atoms with Gasteiger partial charge >= 0.3 is 5.91 Å². The molecule has 5 rings (SSSR count). The molecule has 0 saturated carbocycles. The summed E-state index contributed by atoms with van der Waals surface area (Å²) in [5.41, 5.74) is 1.65. The van der Waals surface area contributed by atoms with Gasteiger partial charge in [0.25, 0.3) is 5.78 Å². The molecule has 1 amide bonds. The Morgan fingerprint density at radius 2 is 1.67 bits per heavy atom. The number of rotatable bonds is 13. The normalized spacial score (nSPS) is 15.8. The van der Waals surface area contributed by atoms with Gasteiger partial charge in [0.15, 0.2) is 15.8 Å². The number of Topliss-reactive ketones (excluding diaryl/α,β-unsaturated/α-hetero) is 1. The summed E-state index contributed by atoms with van der Waals surface area (Å²) in [6.07, 6.45) is 0.845. The molecule has 3 aromatic carbocycles. The molecule has 1 fully saturated rings. The fourth-order valence-electron chi connectivity index (χ4n) is 4.80. The van der Waals surface area contributed by atoms with E-state index in [2.05, 4.69) is 10.2 Å². The maximum Gasteiger partial charge on any atom is 0.301 e. The largest absolute Gasteiger partial charge is 0.507 e. The van der Waals surface area contributed by atoms with Crippen molar-refractivity contribution >= 4 is 68.9 Å². The highest BCUT2D eigenvalue weighted by Gasteiger charge is 2.48. The fourth-order valence-corrected chi connectivity index (χ4v) is 7.23. The minimum absolute atomic E-state index is 0.0869. The third kappa shape index (κ3) is 7.28. The molecule has 1 aromatic heterocycles. The number of ether oxygens (including phenoxy) is 3. The van der Waals surface area contributed by atoms with E-state index in [0.717, 1.165) is 23.3 Å². The summed E-state index contributed by atoms with van der Waals surface area (Å²) in [5.74, 6) is 0.0639. The van der Waals surface area contributed by atoms with Gasteiger partial charge in [-0.1, -0.05) is 65.4 Å². The topological polar surface area (TPSA) is 111 Å². The number of aromatic nitrogens is 2. The number of thioether (sulfide) groups is 1. The van der Waals surface area contributed by atoms with Crippen LogP contribution in [-0.4, -0.2) is 46.8 Å². The number of halogens is 2. The van der Waals surface area contributed by atoms with Crippen molar-refractivity contribution in [2.75, 3.05) is 24.7 Å². The van der Waals surface area contributed by atoms with E-state index < -0.39 is 17.7 Å². The maximum absolute atomic E-state index is 13.7. The molecule has 240 valence electrons. The fraction of sp³-hybridized carbons (Fsp3) is 0.273. The van der Waals surface area contributed by atoms with Crippen molar-refractivity contribution in [2.24, 2.45) is 0 Å². The first-order valence-corrected chi connectivity index (χ1v) is 17.1. The molecule has 0 spiro atoms. The zero-order chi connectivity index (χ0) is 32.8. The molecule has 1 saturated heterocycles. The average Bonchev–Trinajstić information content (AvgIpc) is 3.62. The second-order valence-corrected chi connectivity index (χ2v) is 13.0. The number of hydrogen-bond acceptors (Lipinski definition) is 10. The second kappa shape index (κ2) is 15.2. The minimum Gasteiger partial charge on any atom is -0.507 e. The summed E-state index contributed by atoms with van der Waals surface area (Å²) in [7, 11) is 0. The number of anilines is 1. The number of aliphatic hydroxyl groups is 1. The molecule has 2 heterocycles. The maximum atomic E-state index is 13.7. The van der Waals surface area contributed by atoms with E-state index in [1.54, 1.807) is 54.6 Å². The predicted octanol–water partition coefficient (Wildman–Crippen LogP) is 8.35. The first-order valence-electron chi connectivity index (χ1n) is 14.6. The van der Waals surface area contributed by atoms with Crippen LogP contribution in [0.4, 0.5) is 5.13 Å². The lowest BCUT2D eigenvalue weighted by molar-refractivity contribution is -0.132. The number of amides is 1. The van der Waals surface area contributed by atoms with Crippen LogP contribution in [0.25, 0.3) is 5.76 Å². The molecule has 46 heavy (non-hydrogen) atoms. The van der Waals surface area contributed by atoms with Gasteiger partial charge in [-0.3, -0.25) is 14.5 Å². The summed E-state index contributed by atoms with van der Waals surface area (Å²) in [6.45, 7) is 7.05. The van der Waals surface area contributed by atoms with Crippen LogP contribution in [0.15, 0.2) is 70.6 Å². The van der Waals surface area contributed by atoms with E-state index in [0.29, 0.717) is 68.3 Å². The molecule has 1 atom stereocenters. The van der Waals surface area contributed by atoms with E-state index in [1.165, 1.54) is 16.7 Å². The van der Waals surface area contributed by atoms with Gasteiger partial charge in [-0.15, -0.1) is 10.2 Å². The van der Waals surface area contributed by atoms with E-state index in [1.807, 2.05) is 26.8 Å². The van der Waals surface area contributed by atoms with Crippen LogP contribution >= 0.6 is 46.3 Å². The molecule has 0 radical (unpaired) electrons. The predicted molar refractivity (Wildman–Crippen MR) is 182 cm³/mol. The molecular formula is C33H31Cl2N3O6S2. The molecule has 13 heteroatoms. The zero-order valence-electron chi connectivity index (χ0n) is 25.3. The van der Waals surface area contributed by atoms with E-state index in [4.69, 9.17) is 37.4 Å². The molecule has 0 bridgehead atoms. The molecule has 0 aliphatic carbocycles. The Hall–Kier alpha value is -3.77. The monoisotopic (exact) mass is 699 g/mol. The van der Waals surface area contributed by atoms with E-state index in [9.17, 15) is 14.7 Å². The first kappa shape index (κ1) is 33.6. The van der Waals surface area contributed by atoms with Crippen molar-refractivity contribution in [1.29, 1.82) is 0 Å². The molecule has 1 N–H and O–H groups in total. The summed E-state index contributed by atoms with van der Waals surface area (Å²) >= 11 is 14.9. The smallest absolute Gasteiger partial charge is 0.301 e. The quantitative estimate of drug-likeness (QED) is 0.0484.